The molecule has 4 heteroatoms. The standard InChI is InChI=1S/C17H26N2O2/c1-2-14-7-9-17(21,10-8-14)13-19-16(20)6-5-15-4-3-11-18-12-15/h3-4,11-12,14,21H,2,5-10,13H2,1H3,(H,19,20). The maximum absolute atomic E-state index is 11.9. The quantitative estimate of drug-likeness (QED) is 0.846. The number of nitrogens with one attached hydrogen (secondary N) is 1. The molecule has 2 rings (SSSR count). The van der Waals surface area contributed by atoms with Crippen LogP contribution in [0.2, 0.25) is 0 Å². The van der Waals surface area contributed by atoms with Gasteiger partial charge in [-0.1, -0.05) is 19.4 Å². The van der Waals surface area contributed by atoms with Crippen LogP contribution in [0.1, 0.15) is 51.0 Å². The third-order valence-corrected chi connectivity index (χ3v) is 4.59. The number of aromatic nitrogens is 1. The Morgan fingerprint density at radius 3 is 2.86 bits per heavy atom. The van der Waals surface area contributed by atoms with Gasteiger partial charge in [-0.05, 0) is 49.7 Å². The zero-order valence-electron chi connectivity index (χ0n) is 12.8. The van der Waals surface area contributed by atoms with Gasteiger partial charge in [0.25, 0.3) is 0 Å². The van der Waals surface area contributed by atoms with Crippen LogP contribution in [0.3, 0.4) is 0 Å². The fourth-order valence-corrected chi connectivity index (χ4v) is 2.96. The molecule has 0 unspecified atom stereocenters. The monoisotopic (exact) mass is 290 g/mol. The first-order valence-corrected chi connectivity index (χ1v) is 7.99. The van der Waals surface area contributed by atoms with Crippen molar-refractivity contribution < 1.29 is 9.90 Å². The first kappa shape index (κ1) is 16.0. The topological polar surface area (TPSA) is 62.2 Å². The number of rotatable bonds is 6. The van der Waals surface area contributed by atoms with Crippen LogP contribution in [0, 0.1) is 5.92 Å². The molecule has 0 bridgehead atoms. The Balaban J connectivity index is 1.69. The molecular formula is C17H26N2O2. The largest absolute Gasteiger partial charge is 0.388 e. The van der Waals surface area contributed by atoms with Crippen molar-refractivity contribution in [2.45, 2.75) is 57.5 Å². The Labute approximate surface area is 127 Å². The molecule has 0 spiro atoms. The Hall–Kier alpha value is -1.42. The van der Waals surface area contributed by atoms with E-state index in [1.165, 1.54) is 6.42 Å². The van der Waals surface area contributed by atoms with Crippen molar-refractivity contribution in [3.05, 3.63) is 30.1 Å². The van der Waals surface area contributed by atoms with E-state index in [0.717, 1.165) is 37.2 Å². The van der Waals surface area contributed by atoms with E-state index in [9.17, 15) is 9.90 Å². The molecule has 0 aromatic carbocycles. The van der Waals surface area contributed by atoms with Crippen molar-refractivity contribution in [2.24, 2.45) is 5.92 Å². The molecule has 1 fully saturated rings. The summed E-state index contributed by atoms with van der Waals surface area (Å²) in [5.74, 6) is 0.747. The summed E-state index contributed by atoms with van der Waals surface area (Å²) >= 11 is 0. The maximum atomic E-state index is 11.9. The van der Waals surface area contributed by atoms with Gasteiger partial charge in [0.15, 0.2) is 0 Å². The van der Waals surface area contributed by atoms with Crippen LogP contribution in [0.15, 0.2) is 24.5 Å². The highest BCUT2D eigenvalue weighted by Crippen LogP contribution is 2.33. The van der Waals surface area contributed by atoms with Gasteiger partial charge in [-0.15, -0.1) is 0 Å². The summed E-state index contributed by atoms with van der Waals surface area (Å²) in [7, 11) is 0. The lowest BCUT2D eigenvalue weighted by molar-refractivity contribution is -0.122. The van der Waals surface area contributed by atoms with Crippen LogP contribution in [0.25, 0.3) is 0 Å². The normalized spacial score (nSPS) is 25.5. The van der Waals surface area contributed by atoms with Gasteiger partial charge in [0.2, 0.25) is 5.91 Å². The predicted octanol–water partition coefficient (Wildman–Crippen LogP) is 2.46. The summed E-state index contributed by atoms with van der Waals surface area (Å²) in [5, 5.41) is 13.4. The van der Waals surface area contributed by atoms with E-state index in [-0.39, 0.29) is 5.91 Å². The molecule has 1 saturated carbocycles. The highest BCUT2D eigenvalue weighted by Gasteiger charge is 2.32. The molecule has 0 saturated heterocycles. The van der Waals surface area contributed by atoms with Gasteiger partial charge in [-0.25, -0.2) is 0 Å². The molecule has 1 heterocycles. The van der Waals surface area contributed by atoms with E-state index in [4.69, 9.17) is 0 Å². The van der Waals surface area contributed by atoms with Crippen LogP contribution in [0.5, 0.6) is 0 Å². The summed E-state index contributed by atoms with van der Waals surface area (Å²) in [4.78, 5) is 15.9. The van der Waals surface area contributed by atoms with Crippen LogP contribution in [0.4, 0.5) is 0 Å². The third kappa shape index (κ3) is 5.12. The van der Waals surface area contributed by atoms with Gasteiger partial charge in [0.05, 0.1) is 5.60 Å². The van der Waals surface area contributed by atoms with E-state index in [1.807, 2.05) is 12.1 Å². The van der Waals surface area contributed by atoms with E-state index < -0.39 is 5.60 Å². The highest BCUT2D eigenvalue weighted by molar-refractivity contribution is 5.76. The lowest BCUT2D eigenvalue weighted by atomic mass is 9.78. The summed E-state index contributed by atoms with van der Waals surface area (Å²) in [6.07, 6.45) is 9.57. The molecule has 1 aliphatic rings. The van der Waals surface area contributed by atoms with Crippen LogP contribution in [-0.4, -0.2) is 28.1 Å². The zero-order chi connectivity index (χ0) is 15.1. The minimum atomic E-state index is -0.699. The van der Waals surface area contributed by atoms with Gasteiger partial charge in [-0.2, -0.15) is 0 Å². The second-order valence-corrected chi connectivity index (χ2v) is 6.21. The number of carbonyl (C=O) groups is 1. The first-order chi connectivity index (χ1) is 10.1. The highest BCUT2D eigenvalue weighted by atomic mass is 16.3. The second-order valence-electron chi connectivity index (χ2n) is 6.21. The van der Waals surface area contributed by atoms with Crippen molar-refractivity contribution >= 4 is 5.91 Å². The molecule has 0 aliphatic heterocycles. The second kappa shape index (κ2) is 7.55. The molecular weight excluding hydrogens is 264 g/mol. The van der Waals surface area contributed by atoms with Crippen molar-refractivity contribution in [1.82, 2.24) is 10.3 Å². The average Bonchev–Trinajstić information content (AvgIpc) is 2.53. The molecule has 1 aliphatic carbocycles. The zero-order valence-corrected chi connectivity index (χ0v) is 12.8. The fraction of sp³-hybridized carbons (Fsp3) is 0.647. The van der Waals surface area contributed by atoms with E-state index in [1.54, 1.807) is 12.4 Å². The molecule has 116 valence electrons. The predicted molar refractivity (Wildman–Crippen MR) is 82.8 cm³/mol. The molecule has 0 radical (unpaired) electrons. The van der Waals surface area contributed by atoms with Gasteiger partial charge in [0, 0.05) is 25.4 Å². The van der Waals surface area contributed by atoms with Crippen molar-refractivity contribution in [2.75, 3.05) is 6.54 Å². The van der Waals surface area contributed by atoms with E-state index >= 15 is 0 Å². The van der Waals surface area contributed by atoms with E-state index in [2.05, 4.69) is 17.2 Å². The van der Waals surface area contributed by atoms with Crippen LogP contribution >= 0.6 is 0 Å². The number of nitrogens with zero attached hydrogens (tertiary/aromatic N) is 1. The molecule has 0 atom stereocenters. The number of pyridine rings is 1. The summed E-state index contributed by atoms with van der Waals surface area (Å²) in [5.41, 5.74) is 0.366. The van der Waals surface area contributed by atoms with Gasteiger partial charge < -0.3 is 10.4 Å². The Morgan fingerprint density at radius 1 is 1.48 bits per heavy atom. The van der Waals surface area contributed by atoms with E-state index in [0.29, 0.717) is 19.4 Å². The number of carbonyl (C=O) groups excluding carboxylic acids is 1. The maximum Gasteiger partial charge on any atom is 0.220 e. The summed E-state index contributed by atoms with van der Waals surface area (Å²) < 4.78 is 0. The minimum Gasteiger partial charge on any atom is -0.388 e. The van der Waals surface area contributed by atoms with Gasteiger partial charge >= 0.3 is 0 Å². The number of hydrogen-bond donors (Lipinski definition) is 2. The van der Waals surface area contributed by atoms with Gasteiger partial charge in [-0.3, -0.25) is 9.78 Å². The number of aliphatic hydroxyl groups is 1. The summed E-state index contributed by atoms with van der Waals surface area (Å²) in [6.45, 7) is 2.59. The number of amides is 1. The Bertz CT molecular complexity index is 439. The Morgan fingerprint density at radius 2 is 2.24 bits per heavy atom. The molecule has 21 heavy (non-hydrogen) atoms. The number of aryl methyl sites for hydroxylation is 1. The fourth-order valence-electron chi connectivity index (χ4n) is 2.96. The third-order valence-electron chi connectivity index (χ3n) is 4.59. The lowest BCUT2D eigenvalue weighted by Gasteiger charge is -2.35. The van der Waals surface area contributed by atoms with Gasteiger partial charge in [0.1, 0.15) is 0 Å². The first-order valence-electron chi connectivity index (χ1n) is 7.99. The molecule has 4 nitrogen and oxygen atoms in total. The van der Waals surface area contributed by atoms with Crippen molar-refractivity contribution in [1.29, 1.82) is 0 Å². The number of hydrogen-bond acceptors (Lipinski definition) is 3. The lowest BCUT2D eigenvalue weighted by Crippen LogP contribution is -2.45. The smallest absolute Gasteiger partial charge is 0.220 e. The SMILES string of the molecule is CCC1CCC(O)(CNC(=O)CCc2cccnc2)CC1. The molecule has 1 aromatic heterocycles. The van der Waals surface area contributed by atoms with Crippen molar-refractivity contribution in [3.8, 4) is 0 Å². The van der Waals surface area contributed by atoms with Crippen molar-refractivity contribution in [3.63, 3.8) is 0 Å². The average molecular weight is 290 g/mol. The molecule has 1 amide bonds. The van der Waals surface area contributed by atoms with Crippen LogP contribution in [-0.2, 0) is 11.2 Å². The summed E-state index contributed by atoms with van der Waals surface area (Å²) in [6, 6.07) is 3.85. The van der Waals surface area contributed by atoms with Crippen LogP contribution < -0.4 is 5.32 Å². The molecule has 2 N–H and O–H groups in total. The Kier molecular flexibility index (Phi) is 5.74. The minimum absolute atomic E-state index is 0.00453. The molecule has 1 aromatic rings.